The van der Waals surface area contributed by atoms with E-state index in [2.05, 4.69) is 49.6 Å². The van der Waals surface area contributed by atoms with Gasteiger partial charge in [-0.25, -0.2) is 0 Å². The number of nitrogens with one attached hydrogen (secondary N) is 2. The van der Waals surface area contributed by atoms with Crippen molar-refractivity contribution in [1.82, 2.24) is 10.6 Å². The van der Waals surface area contributed by atoms with Gasteiger partial charge in [-0.3, -0.25) is 4.79 Å². The lowest BCUT2D eigenvalue weighted by atomic mass is 10.00. The lowest BCUT2D eigenvalue weighted by Gasteiger charge is -2.23. The van der Waals surface area contributed by atoms with Gasteiger partial charge in [0, 0.05) is 36.6 Å². The molecule has 1 heterocycles. The summed E-state index contributed by atoms with van der Waals surface area (Å²) in [6.07, 6.45) is 1.48. The molecular weight excluding hydrogens is 280 g/mol. The van der Waals surface area contributed by atoms with Crippen LogP contribution in [0, 0.1) is 13.8 Å². The van der Waals surface area contributed by atoms with Crippen LogP contribution in [-0.2, 0) is 11.2 Å². The molecule has 1 aromatic rings. The van der Waals surface area contributed by atoms with E-state index in [4.69, 9.17) is 0 Å². The third kappa shape index (κ3) is 5.36. The summed E-state index contributed by atoms with van der Waals surface area (Å²) < 4.78 is 0. The SMILES string of the molecule is Cc1ccc(CC(C)NC(=O)CC2CSCCN2)c(C)c1. The van der Waals surface area contributed by atoms with Crippen LogP contribution in [0.5, 0.6) is 0 Å². The molecule has 0 aliphatic carbocycles. The third-order valence-corrected chi connectivity index (χ3v) is 4.99. The minimum Gasteiger partial charge on any atom is -0.353 e. The number of amides is 1. The van der Waals surface area contributed by atoms with Crippen molar-refractivity contribution in [1.29, 1.82) is 0 Å². The summed E-state index contributed by atoms with van der Waals surface area (Å²) in [6, 6.07) is 7.02. The van der Waals surface area contributed by atoms with E-state index >= 15 is 0 Å². The second kappa shape index (κ2) is 7.85. The molecule has 0 radical (unpaired) electrons. The van der Waals surface area contributed by atoms with E-state index in [1.807, 2.05) is 11.8 Å². The van der Waals surface area contributed by atoms with Gasteiger partial charge in [-0.2, -0.15) is 11.8 Å². The van der Waals surface area contributed by atoms with E-state index in [1.54, 1.807) is 0 Å². The van der Waals surface area contributed by atoms with Crippen LogP contribution in [0.1, 0.15) is 30.0 Å². The Morgan fingerprint density at radius 2 is 2.29 bits per heavy atom. The summed E-state index contributed by atoms with van der Waals surface area (Å²) in [5.74, 6) is 2.35. The first-order valence-electron chi connectivity index (χ1n) is 7.71. The Morgan fingerprint density at radius 1 is 1.48 bits per heavy atom. The third-order valence-electron chi connectivity index (χ3n) is 3.86. The van der Waals surface area contributed by atoms with Crippen molar-refractivity contribution < 1.29 is 4.79 Å². The molecule has 0 bridgehead atoms. The van der Waals surface area contributed by atoms with Crippen molar-refractivity contribution in [3.8, 4) is 0 Å². The van der Waals surface area contributed by atoms with Gasteiger partial charge in [0.15, 0.2) is 0 Å². The first-order valence-corrected chi connectivity index (χ1v) is 8.86. The zero-order valence-corrected chi connectivity index (χ0v) is 14.1. The molecule has 1 aromatic carbocycles. The fraction of sp³-hybridized carbons (Fsp3) is 0.588. The molecule has 4 heteroatoms. The highest BCUT2D eigenvalue weighted by Crippen LogP contribution is 2.13. The van der Waals surface area contributed by atoms with Gasteiger partial charge in [-0.15, -0.1) is 0 Å². The topological polar surface area (TPSA) is 41.1 Å². The smallest absolute Gasteiger partial charge is 0.221 e. The van der Waals surface area contributed by atoms with Crippen LogP contribution in [0.15, 0.2) is 18.2 Å². The monoisotopic (exact) mass is 306 g/mol. The molecule has 3 nitrogen and oxygen atoms in total. The van der Waals surface area contributed by atoms with E-state index in [0.29, 0.717) is 12.5 Å². The number of carbonyl (C=O) groups excluding carboxylic acids is 1. The predicted molar refractivity (Wildman–Crippen MR) is 91.0 cm³/mol. The summed E-state index contributed by atoms with van der Waals surface area (Å²) in [4.78, 5) is 12.1. The Hall–Kier alpha value is -1.00. The zero-order chi connectivity index (χ0) is 15.2. The van der Waals surface area contributed by atoms with Crippen LogP contribution in [0.3, 0.4) is 0 Å². The minimum atomic E-state index is 0.160. The van der Waals surface area contributed by atoms with Gasteiger partial charge in [0.2, 0.25) is 5.91 Å². The van der Waals surface area contributed by atoms with Gasteiger partial charge in [-0.05, 0) is 38.3 Å². The molecule has 1 saturated heterocycles. The van der Waals surface area contributed by atoms with E-state index < -0.39 is 0 Å². The predicted octanol–water partition coefficient (Wildman–Crippen LogP) is 2.45. The van der Waals surface area contributed by atoms with Crippen LogP contribution >= 0.6 is 11.8 Å². The molecule has 2 N–H and O–H groups in total. The lowest BCUT2D eigenvalue weighted by Crippen LogP contribution is -2.43. The molecule has 21 heavy (non-hydrogen) atoms. The van der Waals surface area contributed by atoms with Crippen molar-refractivity contribution in [2.75, 3.05) is 18.1 Å². The molecule has 2 rings (SSSR count). The van der Waals surface area contributed by atoms with Crippen molar-refractivity contribution in [3.63, 3.8) is 0 Å². The number of benzene rings is 1. The van der Waals surface area contributed by atoms with Crippen LogP contribution in [0.25, 0.3) is 0 Å². The summed E-state index contributed by atoms with van der Waals surface area (Å²) in [7, 11) is 0. The molecule has 1 aliphatic rings. The summed E-state index contributed by atoms with van der Waals surface area (Å²) >= 11 is 1.93. The fourth-order valence-corrected chi connectivity index (χ4v) is 3.71. The number of carbonyl (C=O) groups is 1. The maximum atomic E-state index is 12.1. The molecule has 116 valence electrons. The van der Waals surface area contributed by atoms with Crippen molar-refractivity contribution in [2.24, 2.45) is 0 Å². The quantitative estimate of drug-likeness (QED) is 0.878. The molecule has 0 aromatic heterocycles. The van der Waals surface area contributed by atoms with Gasteiger partial charge in [-0.1, -0.05) is 23.8 Å². The highest BCUT2D eigenvalue weighted by atomic mass is 32.2. The van der Waals surface area contributed by atoms with E-state index in [-0.39, 0.29) is 11.9 Å². The van der Waals surface area contributed by atoms with Crippen LogP contribution in [0.4, 0.5) is 0 Å². The number of hydrogen-bond donors (Lipinski definition) is 2. The highest BCUT2D eigenvalue weighted by Gasteiger charge is 2.18. The molecule has 0 saturated carbocycles. The maximum absolute atomic E-state index is 12.1. The average molecular weight is 306 g/mol. The van der Waals surface area contributed by atoms with Crippen LogP contribution in [0.2, 0.25) is 0 Å². The molecule has 1 fully saturated rings. The molecule has 2 atom stereocenters. The molecule has 2 unspecified atom stereocenters. The summed E-state index contributed by atoms with van der Waals surface area (Å²) in [5.41, 5.74) is 3.91. The Kier molecular flexibility index (Phi) is 6.12. The Balaban J connectivity index is 1.80. The molecular formula is C17H26N2OS. The Labute approximate surface area is 132 Å². The average Bonchev–Trinajstić information content (AvgIpc) is 2.43. The van der Waals surface area contributed by atoms with Crippen molar-refractivity contribution in [3.05, 3.63) is 34.9 Å². The number of hydrogen-bond acceptors (Lipinski definition) is 3. The largest absolute Gasteiger partial charge is 0.353 e. The van der Waals surface area contributed by atoms with E-state index in [0.717, 1.165) is 24.5 Å². The number of thioether (sulfide) groups is 1. The van der Waals surface area contributed by atoms with Gasteiger partial charge in [0.25, 0.3) is 0 Å². The number of rotatable bonds is 5. The van der Waals surface area contributed by atoms with E-state index in [9.17, 15) is 4.79 Å². The number of aryl methyl sites for hydroxylation is 2. The van der Waals surface area contributed by atoms with Crippen molar-refractivity contribution in [2.45, 2.75) is 45.7 Å². The second-order valence-electron chi connectivity index (χ2n) is 6.03. The van der Waals surface area contributed by atoms with Crippen LogP contribution in [-0.4, -0.2) is 36.0 Å². The summed E-state index contributed by atoms with van der Waals surface area (Å²) in [6.45, 7) is 7.35. The Morgan fingerprint density at radius 3 is 2.95 bits per heavy atom. The van der Waals surface area contributed by atoms with Crippen molar-refractivity contribution >= 4 is 17.7 Å². The first kappa shape index (κ1) is 16.4. The van der Waals surface area contributed by atoms with Gasteiger partial charge in [0.1, 0.15) is 0 Å². The second-order valence-corrected chi connectivity index (χ2v) is 7.18. The molecule has 1 amide bonds. The molecule has 1 aliphatic heterocycles. The minimum absolute atomic E-state index is 0.160. The fourth-order valence-electron chi connectivity index (χ4n) is 2.76. The van der Waals surface area contributed by atoms with Gasteiger partial charge in [0.05, 0.1) is 0 Å². The summed E-state index contributed by atoms with van der Waals surface area (Å²) in [5, 5.41) is 6.54. The standard InChI is InChI=1S/C17H26N2OS/c1-12-4-5-15(13(2)8-12)9-14(3)19-17(20)10-16-11-21-7-6-18-16/h4-5,8,14,16,18H,6-7,9-11H2,1-3H3,(H,19,20). The van der Waals surface area contributed by atoms with Gasteiger partial charge >= 0.3 is 0 Å². The first-order chi connectivity index (χ1) is 10.0. The normalized spacial score (nSPS) is 20.0. The zero-order valence-electron chi connectivity index (χ0n) is 13.2. The van der Waals surface area contributed by atoms with Gasteiger partial charge < -0.3 is 10.6 Å². The van der Waals surface area contributed by atoms with E-state index in [1.165, 1.54) is 16.7 Å². The lowest BCUT2D eigenvalue weighted by molar-refractivity contribution is -0.122. The molecule has 0 spiro atoms. The maximum Gasteiger partial charge on any atom is 0.221 e. The highest BCUT2D eigenvalue weighted by molar-refractivity contribution is 7.99. The Bertz CT molecular complexity index is 484. The van der Waals surface area contributed by atoms with Crippen LogP contribution < -0.4 is 10.6 Å².